The van der Waals surface area contributed by atoms with Crippen molar-refractivity contribution >= 4 is 5.82 Å². The van der Waals surface area contributed by atoms with Crippen molar-refractivity contribution < 1.29 is 14.6 Å². The van der Waals surface area contributed by atoms with Crippen molar-refractivity contribution in [3.05, 3.63) is 29.5 Å². The van der Waals surface area contributed by atoms with E-state index in [2.05, 4.69) is 19.2 Å². The molecule has 0 unspecified atom stereocenters. The molecule has 6 heteroatoms. The van der Waals surface area contributed by atoms with Gasteiger partial charge in [-0.1, -0.05) is 19.9 Å². The van der Waals surface area contributed by atoms with Crippen LogP contribution in [0.15, 0.2) is 18.2 Å². The Hall–Kier alpha value is -2.34. The molecule has 0 fully saturated rings. The Labute approximate surface area is 162 Å². The van der Waals surface area contributed by atoms with Gasteiger partial charge >= 0.3 is 0 Å². The van der Waals surface area contributed by atoms with Crippen LogP contribution in [0, 0.1) is 6.92 Å². The Bertz CT molecular complexity index is 781. The van der Waals surface area contributed by atoms with Crippen LogP contribution in [0.4, 0.5) is 5.82 Å². The van der Waals surface area contributed by atoms with Gasteiger partial charge in [-0.3, -0.25) is 0 Å². The summed E-state index contributed by atoms with van der Waals surface area (Å²) in [4.78, 5) is 9.39. The van der Waals surface area contributed by atoms with Gasteiger partial charge < -0.3 is 19.9 Å². The summed E-state index contributed by atoms with van der Waals surface area (Å²) in [5, 5.41) is 13.7. The zero-order valence-electron chi connectivity index (χ0n) is 17.4. The van der Waals surface area contributed by atoms with E-state index in [1.807, 2.05) is 25.1 Å². The minimum atomic E-state index is -0.951. The fourth-order valence-electron chi connectivity index (χ4n) is 2.95. The molecule has 0 amide bonds. The van der Waals surface area contributed by atoms with Crippen LogP contribution in [0.2, 0.25) is 0 Å². The molecule has 148 valence electrons. The molecule has 1 heterocycles. The Kier molecular flexibility index (Phi) is 6.65. The lowest BCUT2D eigenvalue weighted by Crippen LogP contribution is -2.19. The minimum Gasteiger partial charge on any atom is -0.496 e. The Morgan fingerprint density at radius 2 is 1.78 bits per heavy atom. The van der Waals surface area contributed by atoms with E-state index in [4.69, 9.17) is 19.4 Å². The number of anilines is 1. The number of nitrogens with one attached hydrogen (secondary N) is 1. The lowest BCUT2D eigenvalue weighted by atomic mass is 9.95. The lowest BCUT2D eigenvalue weighted by molar-refractivity contribution is 0.0783. The third-order valence-corrected chi connectivity index (χ3v) is 4.72. The molecule has 0 saturated heterocycles. The number of aromatic nitrogens is 2. The molecule has 1 aromatic carbocycles. The van der Waals surface area contributed by atoms with Crippen molar-refractivity contribution in [2.45, 2.75) is 59.1 Å². The molecule has 0 saturated carbocycles. The maximum atomic E-state index is 10.3. The van der Waals surface area contributed by atoms with Gasteiger partial charge in [-0.15, -0.1) is 0 Å². The molecular formula is C21H31N3O3. The highest BCUT2D eigenvalue weighted by Gasteiger charge is 2.21. The first-order valence-electron chi connectivity index (χ1n) is 9.35. The average Bonchev–Trinajstić information content (AvgIpc) is 2.65. The molecule has 0 aliphatic heterocycles. The zero-order chi connectivity index (χ0) is 20.2. The monoisotopic (exact) mass is 373 g/mol. The Morgan fingerprint density at radius 3 is 2.30 bits per heavy atom. The smallest absolute Gasteiger partial charge is 0.257 e. The fraction of sp³-hybridized carbons (Fsp3) is 0.524. The summed E-state index contributed by atoms with van der Waals surface area (Å²) in [7, 11) is 3.20. The summed E-state index contributed by atoms with van der Waals surface area (Å²) >= 11 is 0. The number of methoxy groups -OCH3 is 2. The molecule has 0 aliphatic rings. The SMILES string of the molecule is CCC(CC)Nc1nc(C)c(-c2ccc(C(C)(C)O)cc2OC)nc1OC. The molecule has 0 aliphatic carbocycles. The van der Waals surface area contributed by atoms with Crippen molar-refractivity contribution in [2.75, 3.05) is 19.5 Å². The number of hydrogen-bond donors (Lipinski definition) is 2. The van der Waals surface area contributed by atoms with Gasteiger partial charge in [0, 0.05) is 11.6 Å². The van der Waals surface area contributed by atoms with Crippen molar-refractivity contribution in [1.82, 2.24) is 9.97 Å². The molecular weight excluding hydrogens is 342 g/mol. The van der Waals surface area contributed by atoms with Gasteiger partial charge in [-0.25, -0.2) is 9.97 Å². The van der Waals surface area contributed by atoms with Crippen molar-refractivity contribution in [2.24, 2.45) is 0 Å². The number of hydrogen-bond acceptors (Lipinski definition) is 6. The molecule has 2 N–H and O–H groups in total. The third kappa shape index (κ3) is 4.69. The average molecular weight is 373 g/mol. The van der Waals surface area contributed by atoms with E-state index in [9.17, 15) is 5.11 Å². The second-order valence-corrected chi connectivity index (χ2v) is 7.15. The molecule has 6 nitrogen and oxygen atoms in total. The third-order valence-electron chi connectivity index (χ3n) is 4.72. The van der Waals surface area contributed by atoms with Crippen LogP contribution in [-0.2, 0) is 5.60 Å². The predicted octanol–water partition coefficient (Wildman–Crippen LogP) is 4.30. The Morgan fingerprint density at radius 1 is 1.11 bits per heavy atom. The maximum Gasteiger partial charge on any atom is 0.257 e. The molecule has 0 spiro atoms. The van der Waals surface area contributed by atoms with Crippen LogP contribution in [0.3, 0.4) is 0 Å². The molecule has 27 heavy (non-hydrogen) atoms. The summed E-state index contributed by atoms with van der Waals surface area (Å²) in [6.07, 6.45) is 1.99. The van der Waals surface area contributed by atoms with Crippen LogP contribution in [0.1, 0.15) is 51.8 Å². The highest BCUT2D eigenvalue weighted by molar-refractivity contribution is 5.71. The fourth-order valence-corrected chi connectivity index (χ4v) is 2.95. The standard InChI is InChI=1S/C21H31N3O3/c1-8-15(9-2)23-19-20(27-7)24-18(13(3)22-19)16-11-10-14(21(4,5)25)12-17(16)26-6/h10-12,15,25H,8-9H2,1-7H3,(H,22,23). The van der Waals surface area contributed by atoms with Gasteiger partial charge in [0.05, 0.1) is 31.2 Å². The summed E-state index contributed by atoms with van der Waals surface area (Å²) in [5.74, 6) is 1.74. The maximum absolute atomic E-state index is 10.3. The van der Waals surface area contributed by atoms with E-state index >= 15 is 0 Å². The topological polar surface area (TPSA) is 76.5 Å². The van der Waals surface area contributed by atoms with Crippen molar-refractivity contribution in [3.8, 4) is 22.9 Å². The van der Waals surface area contributed by atoms with Crippen LogP contribution < -0.4 is 14.8 Å². The summed E-state index contributed by atoms with van der Waals surface area (Å²) in [5.41, 5.74) is 2.10. The van der Waals surface area contributed by atoms with Gasteiger partial charge in [0.1, 0.15) is 5.75 Å². The highest BCUT2D eigenvalue weighted by atomic mass is 16.5. The van der Waals surface area contributed by atoms with E-state index in [1.54, 1.807) is 28.1 Å². The van der Waals surface area contributed by atoms with Crippen molar-refractivity contribution in [3.63, 3.8) is 0 Å². The van der Waals surface area contributed by atoms with Crippen LogP contribution in [-0.4, -0.2) is 35.3 Å². The normalized spacial score (nSPS) is 11.6. The molecule has 0 radical (unpaired) electrons. The second kappa shape index (κ2) is 8.57. The van der Waals surface area contributed by atoms with Crippen LogP contribution in [0.5, 0.6) is 11.6 Å². The van der Waals surface area contributed by atoms with Crippen molar-refractivity contribution in [1.29, 1.82) is 0 Å². The summed E-state index contributed by atoms with van der Waals surface area (Å²) in [6, 6.07) is 5.93. The minimum absolute atomic E-state index is 0.319. The number of rotatable bonds is 8. The van der Waals surface area contributed by atoms with E-state index in [0.29, 0.717) is 29.2 Å². The van der Waals surface area contributed by atoms with Gasteiger partial charge in [0.25, 0.3) is 5.88 Å². The number of aryl methyl sites for hydroxylation is 1. The summed E-state index contributed by atoms with van der Waals surface area (Å²) < 4.78 is 11.0. The van der Waals surface area contributed by atoms with Gasteiger partial charge in [-0.05, 0) is 51.3 Å². The second-order valence-electron chi connectivity index (χ2n) is 7.15. The zero-order valence-corrected chi connectivity index (χ0v) is 17.4. The first-order valence-corrected chi connectivity index (χ1v) is 9.35. The van der Waals surface area contributed by atoms with Gasteiger partial charge in [0.15, 0.2) is 5.82 Å². The molecule has 0 atom stereocenters. The number of benzene rings is 1. The molecule has 1 aromatic heterocycles. The molecule has 2 rings (SSSR count). The largest absolute Gasteiger partial charge is 0.496 e. The first-order chi connectivity index (χ1) is 12.7. The predicted molar refractivity (Wildman–Crippen MR) is 109 cm³/mol. The summed E-state index contributed by atoms with van der Waals surface area (Å²) in [6.45, 7) is 9.68. The Balaban J connectivity index is 2.53. The van der Waals surface area contributed by atoms with E-state index < -0.39 is 5.60 Å². The number of nitrogens with zero attached hydrogens (tertiary/aromatic N) is 2. The first kappa shape index (κ1) is 21.0. The molecule has 2 aromatic rings. The molecule has 0 bridgehead atoms. The van der Waals surface area contributed by atoms with Gasteiger partial charge in [0.2, 0.25) is 0 Å². The van der Waals surface area contributed by atoms with Gasteiger partial charge in [-0.2, -0.15) is 0 Å². The number of ether oxygens (including phenoxy) is 2. The van der Waals surface area contributed by atoms with Crippen LogP contribution >= 0.6 is 0 Å². The number of aliphatic hydroxyl groups is 1. The van der Waals surface area contributed by atoms with E-state index in [1.165, 1.54) is 0 Å². The van der Waals surface area contributed by atoms with Crippen LogP contribution in [0.25, 0.3) is 11.3 Å². The van der Waals surface area contributed by atoms with E-state index in [0.717, 1.165) is 29.7 Å². The lowest BCUT2D eigenvalue weighted by Gasteiger charge is -2.21. The quantitative estimate of drug-likeness (QED) is 0.718. The highest BCUT2D eigenvalue weighted by Crippen LogP contribution is 2.36. The van der Waals surface area contributed by atoms with E-state index in [-0.39, 0.29) is 0 Å².